The van der Waals surface area contributed by atoms with E-state index in [0.717, 1.165) is 5.69 Å². The van der Waals surface area contributed by atoms with Gasteiger partial charge in [-0.3, -0.25) is 4.79 Å². The van der Waals surface area contributed by atoms with Crippen LogP contribution in [-0.2, 0) is 0 Å². The molecule has 0 fully saturated rings. The average molecular weight is 295 g/mol. The molecular formula is C14H19ClN4O. The Kier molecular flexibility index (Phi) is 6.21. The molecule has 1 aromatic heterocycles. The van der Waals surface area contributed by atoms with Crippen LogP contribution in [-0.4, -0.2) is 28.8 Å². The van der Waals surface area contributed by atoms with E-state index in [0.29, 0.717) is 18.7 Å². The summed E-state index contributed by atoms with van der Waals surface area (Å²) >= 11 is 0. The zero-order valence-electron chi connectivity index (χ0n) is 11.3. The third-order valence-corrected chi connectivity index (χ3v) is 2.91. The Balaban J connectivity index is 0.00000200. The second-order valence-electron chi connectivity index (χ2n) is 4.55. The number of carbonyl (C=O) groups excluding carboxylic acids is 1. The van der Waals surface area contributed by atoms with Crippen molar-refractivity contribution in [2.24, 2.45) is 11.7 Å². The summed E-state index contributed by atoms with van der Waals surface area (Å²) in [4.78, 5) is 11.9. The molecule has 1 unspecified atom stereocenters. The van der Waals surface area contributed by atoms with Crippen molar-refractivity contribution in [3.8, 4) is 5.69 Å². The molecule has 0 aliphatic carbocycles. The van der Waals surface area contributed by atoms with Gasteiger partial charge in [-0.05, 0) is 42.8 Å². The third-order valence-electron chi connectivity index (χ3n) is 2.91. The van der Waals surface area contributed by atoms with Crippen LogP contribution in [0.15, 0.2) is 42.7 Å². The minimum absolute atomic E-state index is 0. The van der Waals surface area contributed by atoms with Crippen molar-refractivity contribution in [3.05, 3.63) is 48.3 Å². The fourth-order valence-electron chi connectivity index (χ4n) is 1.64. The first-order valence-corrected chi connectivity index (χ1v) is 6.29. The Morgan fingerprint density at radius 3 is 2.65 bits per heavy atom. The average Bonchev–Trinajstić information content (AvgIpc) is 2.98. The summed E-state index contributed by atoms with van der Waals surface area (Å²) in [6.07, 6.45) is 3.58. The predicted molar refractivity (Wildman–Crippen MR) is 81.4 cm³/mol. The number of nitrogens with one attached hydrogen (secondary N) is 1. The highest BCUT2D eigenvalue weighted by atomic mass is 35.5. The first-order chi connectivity index (χ1) is 9.20. The molecule has 6 heteroatoms. The highest BCUT2D eigenvalue weighted by molar-refractivity contribution is 5.94. The van der Waals surface area contributed by atoms with Crippen molar-refractivity contribution in [2.75, 3.05) is 13.1 Å². The Morgan fingerprint density at radius 2 is 2.10 bits per heavy atom. The number of amides is 1. The zero-order valence-corrected chi connectivity index (χ0v) is 12.1. The molecule has 1 aromatic carbocycles. The van der Waals surface area contributed by atoms with Crippen molar-refractivity contribution in [2.45, 2.75) is 6.92 Å². The van der Waals surface area contributed by atoms with Crippen molar-refractivity contribution >= 4 is 18.3 Å². The molecule has 3 N–H and O–H groups in total. The van der Waals surface area contributed by atoms with E-state index in [1.54, 1.807) is 23.0 Å². The van der Waals surface area contributed by atoms with Gasteiger partial charge in [-0.15, -0.1) is 12.4 Å². The lowest BCUT2D eigenvalue weighted by Gasteiger charge is -2.10. The summed E-state index contributed by atoms with van der Waals surface area (Å²) in [5, 5.41) is 7.00. The minimum Gasteiger partial charge on any atom is -0.352 e. The Bertz CT molecular complexity index is 525. The van der Waals surface area contributed by atoms with E-state index in [1.165, 1.54) is 0 Å². The topological polar surface area (TPSA) is 72.9 Å². The minimum atomic E-state index is -0.0766. The molecule has 0 radical (unpaired) electrons. The van der Waals surface area contributed by atoms with Gasteiger partial charge in [0.05, 0.1) is 5.69 Å². The van der Waals surface area contributed by atoms with Crippen LogP contribution < -0.4 is 11.1 Å². The van der Waals surface area contributed by atoms with Gasteiger partial charge in [0, 0.05) is 24.5 Å². The Hall–Kier alpha value is -1.85. The number of halogens is 1. The summed E-state index contributed by atoms with van der Waals surface area (Å²) in [5.41, 5.74) is 7.08. The number of benzene rings is 1. The number of nitrogens with two attached hydrogens (primary N) is 1. The Labute approximate surface area is 124 Å². The van der Waals surface area contributed by atoms with E-state index >= 15 is 0 Å². The fourth-order valence-corrected chi connectivity index (χ4v) is 1.64. The number of carbonyl (C=O) groups is 1. The highest BCUT2D eigenvalue weighted by Gasteiger charge is 2.07. The quantitative estimate of drug-likeness (QED) is 0.880. The van der Waals surface area contributed by atoms with Crippen LogP contribution in [0.2, 0.25) is 0 Å². The van der Waals surface area contributed by atoms with Crippen LogP contribution in [0.4, 0.5) is 0 Å². The van der Waals surface area contributed by atoms with Gasteiger partial charge in [0.25, 0.3) is 5.91 Å². The third kappa shape index (κ3) is 4.08. The maximum Gasteiger partial charge on any atom is 0.251 e. The number of rotatable bonds is 5. The Morgan fingerprint density at radius 1 is 1.40 bits per heavy atom. The van der Waals surface area contributed by atoms with Crippen LogP contribution in [0, 0.1) is 5.92 Å². The van der Waals surface area contributed by atoms with Crippen molar-refractivity contribution in [1.29, 1.82) is 0 Å². The molecule has 0 saturated heterocycles. The molecule has 108 valence electrons. The van der Waals surface area contributed by atoms with E-state index in [1.807, 2.05) is 31.3 Å². The molecule has 0 aliphatic heterocycles. The summed E-state index contributed by atoms with van der Waals surface area (Å²) < 4.78 is 1.75. The summed E-state index contributed by atoms with van der Waals surface area (Å²) in [6.45, 7) is 3.16. The standard InChI is InChI=1S/C14H18N4O.ClH/c1-11(9-15)10-16-14(19)12-3-5-13(6-4-12)18-8-2-7-17-18;/h2-8,11H,9-10,15H2,1H3,(H,16,19);1H. The van der Waals surface area contributed by atoms with Gasteiger partial charge in [-0.1, -0.05) is 6.92 Å². The van der Waals surface area contributed by atoms with E-state index < -0.39 is 0 Å². The molecule has 2 aromatic rings. The van der Waals surface area contributed by atoms with Crippen molar-refractivity contribution < 1.29 is 4.79 Å². The summed E-state index contributed by atoms with van der Waals surface area (Å²) in [7, 11) is 0. The maximum atomic E-state index is 11.9. The smallest absolute Gasteiger partial charge is 0.251 e. The molecular weight excluding hydrogens is 276 g/mol. The first kappa shape index (κ1) is 16.2. The number of nitrogens with zero attached hydrogens (tertiary/aromatic N) is 2. The molecule has 1 atom stereocenters. The van der Waals surface area contributed by atoms with Gasteiger partial charge in [0.15, 0.2) is 0 Å². The maximum absolute atomic E-state index is 11.9. The fraction of sp³-hybridized carbons (Fsp3) is 0.286. The number of aromatic nitrogens is 2. The van der Waals surface area contributed by atoms with E-state index in [-0.39, 0.29) is 24.2 Å². The normalized spacial score (nSPS) is 11.5. The molecule has 2 rings (SSSR count). The lowest BCUT2D eigenvalue weighted by molar-refractivity contribution is 0.0948. The van der Waals surface area contributed by atoms with Crippen molar-refractivity contribution in [1.82, 2.24) is 15.1 Å². The molecule has 0 spiro atoms. The molecule has 1 heterocycles. The highest BCUT2D eigenvalue weighted by Crippen LogP contribution is 2.08. The lowest BCUT2D eigenvalue weighted by Crippen LogP contribution is -2.31. The molecule has 0 bridgehead atoms. The molecule has 5 nitrogen and oxygen atoms in total. The first-order valence-electron chi connectivity index (χ1n) is 6.29. The molecule has 1 amide bonds. The van der Waals surface area contributed by atoms with Gasteiger partial charge in [0.1, 0.15) is 0 Å². The van der Waals surface area contributed by atoms with Gasteiger partial charge in [-0.2, -0.15) is 5.10 Å². The second-order valence-corrected chi connectivity index (χ2v) is 4.55. The molecule has 0 aliphatic rings. The van der Waals surface area contributed by atoms with Crippen LogP contribution in [0.25, 0.3) is 5.69 Å². The van der Waals surface area contributed by atoms with Crippen LogP contribution >= 0.6 is 12.4 Å². The predicted octanol–water partition coefficient (Wildman–Crippen LogP) is 1.62. The number of hydrogen-bond acceptors (Lipinski definition) is 3. The van der Waals surface area contributed by atoms with Gasteiger partial charge >= 0.3 is 0 Å². The van der Waals surface area contributed by atoms with E-state index in [2.05, 4.69) is 10.4 Å². The second kappa shape index (κ2) is 7.67. The zero-order chi connectivity index (χ0) is 13.7. The van der Waals surface area contributed by atoms with E-state index in [9.17, 15) is 4.79 Å². The lowest BCUT2D eigenvalue weighted by atomic mass is 10.1. The SMILES string of the molecule is CC(CN)CNC(=O)c1ccc(-n2cccn2)cc1.Cl. The summed E-state index contributed by atoms with van der Waals surface area (Å²) in [6, 6.07) is 9.18. The van der Waals surface area contributed by atoms with Gasteiger partial charge in [0.2, 0.25) is 0 Å². The number of hydrogen-bond donors (Lipinski definition) is 2. The monoisotopic (exact) mass is 294 g/mol. The van der Waals surface area contributed by atoms with Crippen LogP contribution in [0.1, 0.15) is 17.3 Å². The molecule has 0 saturated carbocycles. The largest absolute Gasteiger partial charge is 0.352 e. The van der Waals surface area contributed by atoms with Gasteiger partial charge in [-0.25, -0.2) is 4.68 Å². The summed E-state index contributed by atoms with van der Waals surface area (Å²) in [5.74, 6) is 0.208. The van der Waals surface area contributed by atoms with Crippen LogP contribution in [0.3, 0.4) is 0 Å². The van der Waals surface area contributed by atoms with Crippen molar-refractivity contribution in [3.63, 3.8) is 0 Å². The van der Waals surface area contributed by atoms with Gasteiger partial charge < -0.3 is 11.1 Å². The molecule has 20 heavy (non-hydrogen) atoms. The van der Waals surface area contributed by atoms with Crippen LogP contribution in [0.5, 0.6) is 0 Å². The van der Waals surface area contributed by atoms with E-state index in [4.69, 9.17) is 5.73 Å².